The van der Waals surface area contributed by atoms with Gasteiger partial charge in [-0.15, -0.1) is 0 Å². The zero-order valence-corrected chi connectivity index (χ0v) is 11.9. The molecule has 0 spiro atoms. The van der Waals surface area contributed by atoms with Gasteiger partial charge >= 0.3 is 0 Å². The summed E-state index contributed by atoms with van der Waals surface area (Å²) in [6, 6.07) is 4.01. The lowest BCUT2D eigenvalue weighted by atomic mass is 10.2. The van der Waals surface area contributed by atoms with Crippen molar-refractivity contribution < 1.29 is 14.3 Å². The maximum Gasteiger partial charge on any atom is 0.256 e. The Hall–Kier alpha value is -1.17. The highest BCUT2D eigenvalue weighted by atomic mass is 35.5. The van der Waals surface area contributed by atoms with Crippen LogP contribution in [-0.2, 0) is 0 Å². The molecule has 1 fully saturated rings. The summed E-state index contributed by atoms with van der Waals surface area (Å²) >= 11 is 5.82. The predicted molar refractivity (Wildman–Crippen MR) is 75.5 cm³/mol. The minimum Gasteiger partial charge on any atom is -0.395 e. The normalized spacial score (nSPS) is 17.1. The maximum absolute atomic E-state index is 13.7. The van der Waals surface area contributed by atoms with E-state index in [1.54, 1.807) is 4.90 Å². The Balaban J connectivity index is 2.07. The second kappa shape index (κ2) is 7.02. The van der Waals surface area contributed by atoms with Crippen molar-refractivity contribution in [1.29, 1.82) is 0 Å². The molecule has 20 heavy (non-hydrogen) atoms. The molecular weight excluding hydrogens is 283 g/mol. The summed E-state index contributed by atoms with van der Waals surface area (Å²) in [7, 11) is 0. The Morgan fingerprint density at radius 1 is 1.30 bits per heavy atom. The van der Waals surface area contributed by atoms with Crippen molar-refractivity contribution >= 4 is 17.5 Å². The summed E-state index contributed by atoms with van der Waals surface area (Å²) in [6.45, 7) is 3.36. The number of hydrogen-bond donors (Lipinski definition) is 1. The van der Waals surface area contributed by atoms with Crippen molar-refractivity contribution in [3.63, 3.8) is 0 Å². The first-order valence-corrected chi connectivity index (χ1v) is 7.07. The molecule has 2 rings (SSSR count). The molecule has 1 heterocycles. The molecule has 1 N–H and O–H groups in total. The van der Waals surface area contributed by atoms with Gasteiger partial charge in [-0.3, -0.25) is 9.69 Å². The Bertz CT molecular complexity index is 484. The molecule has 1 aromatic carbocycles. The van der Waals surface area contributed by atoms with E-state index < -0.39 is 5.82 Å². The average molecular weight is 301 g/mol. The van der Waals surface area contributed by atoms with Crippen LogP contribution in [-0.4, -0.2) is 60.1 Å². The summed E-state index contributed by atoms with van der Waals surface area (Å²) < 4.78 is 13.7. The number of rotatable bonds is 3. The minimum atomic E-state index is -0.545. The second-order valence-corrected chi connectivity index (χ2v) is 5.27. The number of hydrogen-bond acceptors (Lipinski definition) is 3. The van der Waals surface area contributed by atoms with E-state index in [9.17, 15) is 9.18 Å². The van der Waals surface area contributed by atoms with Crippen molar-refractivity contribution in [2.24, 2.45) is 0 Å². The number of nitrogens with zero attached hydrogens (tertiary/aromatic N) is 2. The number of carbonyl (C=O) groups is 1. The zero-order valence-electron chi connectivity index (χ0n) is 11.2. The lowest BCUT2D eigenvalue weighted by Gasteiger charge is -2.21. The van der Waals surface area contributed by atoms with E-state index >= 15 is 0 Å². The fraction of sp³-hybridized carbons (Fsp3) is 0.500. The van der Waals surface area contributed by atoms with Crippen LogP contribution in [0.3, 0.4) is 0 Å². The van der Waals surface area contributed by atoms with E-state index in [2.05, 4.69) is 4.90 Å². The Kier molecular flexibility index (Phi) is 5.34. The van der Waals surface area contributed by atoms with Gasteiger partial charge in [-0.1, -0.05) is 11.6 Å². The van der Waals surface area contributed by atoms with Crippen molar-refractivity contribution in [2.45, 2.75) is 6.42 Å². The molecule has 1 aromatic rings. The highest BCUT2D eigenvalue weighted by Crippen LogP contribution is 2.17. The average Bonchev–Trinajstić information content (AvgIpc) is 2.67. The van der Waals surface area contributed by atoms with Gasteiger partial charge in [0.25, 0.3) is 5.91 Å². The third kappa shape index (κ3) is 3.69. The van der Waals surface area contributed by atoms with E-state index in [-0.39, 0.29) is 18.1 Å². The van der Waals surface area contributed by atoms with Crippen LogP contribution in [0.5, 0.6) is 0 Å². The maximum atomic E-state index is 13.7. The van der Waals surface area contributed by atoms with Crippen LogP contribution >= 0.6 is 11.6 Å². The van der Waals surface area contributed by atoms with Gasteiger partial charge < -0.3 is 10.0 Å². The molecule has 0 unspecified atom stereocenters. The van der Waals surface area contributed by atoms with Gasteiger partial charge in [-0.2, -0.15) is 0 Å². The molecule has 0 aromatic heterocycles. The van der Waals surface area contributed by atoms with Crippen molar-refractivity contribution in [3.8, 4) is 0 Å². The highest BCUT2D eigenvalue weighted by molar-refractivity contribution is 6.31. The summed E-state index contributed by atoms with van der Waals surface area (Å²) in [6.07, 6.45) is 0.813. The lowest BCUT2D eigenvalue weighted by molar-refractivity contribution is 0.0756. The number of aliphatic hydroxyl groups excluding tert-OH is 1. The standard InChI is InChI=1S/C14H18ClFN2O2/c15-11-2-3-13(16)12(10-11)14(20)18-5-1-4-17(6-7-18)8-9-19/h2-3,10,19H,1,4-9H2. The number of benzene rings is 1. The minimum absolute atomic E-state index is 0.0214. The molecule has 1 aliphatic heterocycles. The lowest BCUT2D eigenvalue weighted by Crippen LogP contribution is -2.36. The first kappa shape index (κ1) is 15.2. The monoisotopic (exact) mass is 300 g/mol. The zero-order chi connectivity index (χ0) is 14.5. The number of carbonyl (C=O) groups excluding carboxylic acids is 1. The second-order valence-electron chi connectivity index (χ2n) is 4.84. The van der Waals surface area contributed by atoms with E-state index in [0.29, 0.717) is 31.2 Å². The number of amides is 1. The van der Waals surface area contributed by atoms with Crippen LogP contribution < -0.4 is 0 Å². The molecule has 110 valence electrons. The van der Waals surface area contributed by atoms with Gasteiger partial charge in [0.15, 0.2) is 0 Å². The van der Waals surface area contributed by atoms with Crippen LogP contribution in [0.25, 0.3) is 0 Å². The van der Waals surface area contributed by atoms with Gasteiger partial charge in [0.1, 0.15) is 5.82 Å². The van der Waals surface area contributed by atoms with Gasteiger partial charge in [0.2, 0.25) is 0 Å². The fourth-order valence-corrected chi connectivity index (χ4v) is 2.54. The summed E-state index contributed by atoms with van der Waals surface area (Å²) in [5.74, 6) is -0.869. The Morgan fingerprint density at radius 3 is 2.85 bits per heavy atom. The Morgan fingerprint density at radius 2 is 2.10 bits per heavy atom. The fourth-order valence-electron chi connectivity index (χ4n) is 2.37. The quantitative estimate of drug-likeness (QED) is 0.922. The number of aliphatic hydroxyl groups is 1. The van der Waals surface area contributed by atoms with Gasteiger partial charge in [0, 0.05) is 31.2 Å². The largest absolute Gasteiger partial charge is 0.395 e. The molecule has 1 amide bonds. The van der Waals surface area contributed by atoms with Crippen molar-refractivity contribution in [2.75, 3.05) is 39.3 Å². The molecule has 0 radical (unpaired) electrons. The molecule has 6 heteroatoms. The highest BCUT2D eigenvalue weighted by Gasteiger charge is 2.22. The third-order valence-electron chi connectivity index (χ3n) is 3.45. The van der Waals surface area contributed by atoms with Crippen molar-refractivity contribution in [3.05, 3.63) is 34.6 Å². The Labute approximate surface area is 122 Å². The summed E-state index contributed by atoms with van der Waals surface area (Å²) in [5.41, 5.74) is 0.0214. The first-order valence-electron chi connectivity index (χ1n) is 6.69. The van der Waals surface area contributed by atoms with Crippen LogP contribution in [0, 0.1) is 5.82 Å². The summed E-state index contributed by atoms with van der Waals surface area (Å²) in [5, 5.41) is 9.30. The van der Waals surface area contributed by atoms with Crippen molar-refractivity contribution in [1.82, 2.24) is 9.80 Å². The van der Waals surface area contributed by atoms with Crippen LogP contribution in [0.2, 0.25) is 5.02 Å². The van der Waals surface area contributed by atoms with Gasteiger partial charge in [-0.25, -0.2) is 4.39 Å². The predicted octanol–water partition coefficient (Wildman–Crippen LogP) is 1.62. The smallest absolute Gasteiger partial charge is 0.256 e. The van der Waals surface area contributed by atoms with E-state index in [1.807, 2.05) is 0 Å². The molecule has 1 saturated heterocycles. The molecule has 0 bridgehead atoms. The third-order valence-corrected chi connectivity index (χ3v) is 3.69. The van der Waals surface area contributed by atoms with Gasteiger partial charge in [0.05, 0.1) is 12.2 Å². The number of β-amino-alcohol motifs (C(OH)–C–C–N with tert-alkyl or cyclic N) is 1. The molecule has 0 atom stereocenters. The SMILES string of the molecule is O=C(c1cc(Cl)ccc1F)N1CCCN(CCO)CC1. The van der Waals surface area contributed by atoms with E-state index in [1.165, 1.54) is 18.2 Å². The number of halogens is 2. The van der Waals surface area contributed by atoms with E-state index in [0.717, 1.165) is 13.0 Å². The topological polar surface area (TPSA) is 43.8 Å². The molecule has 4 nitrogen and oxygen atoms in total. The van der Waals surface area contributed by atoms with Crippen LogP contribution in [0.1, 0.15) is 16.8 Å². The molecule has 0 aliphatic carbocycles. The van der Waals surface area contributed by atoms with Crippen LogP contribution in [0.4, 0.5) is 4.39 Å². The van der Waals surface area contributed by atoms with E-state index in [4.69, 9.17) is 16.7 Å². The first-order chi connectivity index (χ1) is 9.61. The molecule has 0 saturated carbocycles. The molecule has 1 aliphatic rings. The van der Waals surface area contributed by atoms with Crippen LogP contribution in [0.15, 0.2) is 18.2 Å². The summed E-state index contributed by atoms with van der Waals surface area (Å²) in [4.78, 5) is 16.1. The molecular formula is C14H18ClFN2O2. The van der Waals surface area contributed by atoms with Gasteiger partial charge in [-0.05, 0) is 31.2 Å².